The number of carbonyl (C=O) groups is 3. The van der Waals surface area contributed by atoms with Crippen LogP contribution in [0.4, 0.5) is 4.39 Å². The summed E-state index contributed by atoms with van der Waals surface area (Å²) in [5.41, 5.74) is 0.736. The quantitative estimate of drug-likeness (QED) is 0.457. The van der Waals surface area contributed by atoms with Gasteiger partial charge in [-0.3, -0.25) is 14.4 Å². The number of aromatic hydroxyl groups is 1. The summed E-state index contributed by atoms with van der Waals surface area (Å²) < 4.78 is 12.8. The third-order valence-electron chi connectivity index (χ3n) is 4.04. The molecule has 2 aromatic carbocycles. The van der Waals surface area contributed by atoms with Crippen molar-refractivity contribution in [2.75, 3.05) is 19.6 Å². The standard InChI is InChI=1S/C21H24FN3O4/c22-17-9-7-15(8-10-17)20(28)24-11-2-6-19(27)23-12-3-13-25-21(29)16-4-1-5-18(26)14-16/h1,4-5,7-10,14,26H,2-3,6,11-13H2,(H,23,27)(H,24,28)(H,25,29). The van der Waals surface area contributed by atoms with Gasteiger partial charge in [-0.15, -0.1) is 0 Å². The topological polar surface area (TPSA) is 108 Å². The van der Waals surface area contributed by atoms with E-state index < -0.39 is 5.82 Å². The van der Waals surface area contributed by atoms with Crippen molar-refractivity contribution < 1.29 is 23.9 Å². The highest BCUT2D eigenvalue weighted by atomic mass is 19.1. The minimum atomic E-state index is -0.405. The zero-order chi connectivity index (χ0) is 21.1. The van der Waals surface area contributed by atoms with Crippen LogP contribution in [0, 0.1) is 5.82 Å². The molecule has 0 saturated heterocycles. The smallest absolute Gasteiger partial charge is 0.251 e. The molecule has 3 amide bonds. The first kappa shape index (κ1) is 21.9. The molecular weight excluding hydrogens is 377 g/mol. The van der Waals surface area contributed by atoms with Crippen LogP contribution in [0.25, 0.3) is 0 Å². The van der Waals surface area contributed by atoms with Gasteiger partial charge in [0.2, 0.25) is 5.91 Å². The van der Waals surface area contributed by atoms with Gasteiger partial charge in [-0.25, -0.2) is 4.39 Å². The first-order valence-corrected chi connectivity index (χ1v) is 9.33. The van der Waals surface area contributed by atoms with E-state index in [2.05, 4.69) is 16.0 Å². The van der Waals surface area contributed by atoms with Crippen molar-refractivity contribution in [3.63, 3.8) is 0 Å². The molecule has 0 heterocycles. The number of nitrogens with one attached hydrogen (secondary N) is 3. The molecule has 2 rings (SSSR count). The maximum Gasteiger partial charge on any atom is 0.251 e. The Kier molecular flexibility index (Phi) is 8.62. The van der Waals surface area contributed by atoms with E-state index in [0.717, 1.165) is 0 Å². The summed E-state index contributed by atoms with van der Waals surface area (Å²) in [6.07, 6.45) is 1.31. The van der Waals surface area contributed by atoms with Crippen LogP contribution < -0.4 is 16.0 Å². The summed E-state index contributed by atoms with van der Waals surface area (Å²) in [6.45, 7) is 1.15. The van der Waals surface area contributed by atoms with Crippen LogP contribution in [0.1, 0.15) is 40.0 Å². The van der Waals surface area contributed by atoms with E-state index in [1.54, 1.807) is 12.1 Å². The Labute approximate surface area is 168 Å². The maximum atomic E-state index is 12.8. The summed E-state index contributed by atoms with van der Waals surface area (Å²) >= 11 is 0. The highest BCUT2D eigenvalue weighted by Gasteiger charge is 2.07. The largest absolute Gasteiger partial charge is 0.508 e. The van der Waals surface area contributed by atoms with Crippen molar-refractivity contribution in [1.29, 1.82) is 0 Å². The van der Waals surface area contributed by atoms with Gasteiger partial charge < -0.3 is 21.1 Å². The van der Waals surface area contributed by atoms with Gasteiger partial charge in [0, 0.05) is 37.2 Å². The molecule has 7 nitrogen and oxygen atoms in total. The fourth-order valence-electron chi connectivity index (χ4n) is 2.51. The van der Waals surface area contributed by atoms with Gasteiger partial charge in [-0.05, 0) is 55.3 Å². The molecule has 8 heteroatoms. The highest BCUT2D eigenvalue weighted by Crippen LogP contribution is 2.10. The minimum Gasteiger partial charge on any atom is -0.508 e. The summed E-state index contributed by atoms with van der Waals surface area (Å²) in [4.78, 5) is 35.5. The first-order valence-electron chi connectivity index (χ1n) is 9.33. The molecule has 0 aliphatic rings. The normalized spacial score (nSPS) is 10.2. The second-order valence-electron chi connectivity index (χ2n) is 6.38. The van der Waals surface area contributed by atoms with E-state index in [1.807, 2.05) is 0 Å². The lowest BCUT2D eigenvalue weighted by molar-refractivity contribution is -0.121. The van der Waals surface area contributed by atoms with Gasteiger partial charge in [0.25, 0.3) is 11.8 Å². The molecule has 0 atom stereocenters. The molecule has 0 saturated carbocycles. The monoisotopic (exact) mass is 401 g/mol. The second-order valence-corrected chi connectivity index (χ2v) is 6.38. The van der Waals surface area contributed by atoms with Gasteiger partial charge in [-0.2, -0.15) is 0 Å². The molecule has 29 heavy (non-hydrogen) atoms. The van der Waals surface area contributed by atoms with E-state index in [4.69, 9.17) is 0 Å². The molecule has 154 valence electrons. The molecule has 0 unspecified atom stereocenters. The van der Waals surface area contributed by atoms with E-state index in [1.165, 1.54) is 36.4 Å². The SMILES string of the molecule is O=C(CCCNC(=O)c1ccc(F)cc1)NCCCNC(=O)c1cccc(O)c1. The number of phenolic OH excluding ortho intramolecular Hbond substituents is 1. The number of phenols is 1. The summed E-state index contributed by atoms with van der Waals surface area (Å²) in [5.74, 6) is -1.12. The number of carbonyl (C=O) groups excluding carboxylic acids is 3. The number of hydrogen-bond acceptors (Lipinski definition) is 4. The van der Waals surface area contributed by atoms with E-state index in [-0.39, 0.29) is 29.9 Å². The lowest BCUT2D eigenvalue weighted by Gasteiger charge is -2.08. The van der Waals surface area contributed by atoms with Gasteiger partial charge >= 0.3 is 0 Å². The van der Waals surface area contributed by atoms with Crippen LogP contribution in [-0.2, 0) is 4.79 Å². The summed E-state index contributed by atoms with van der Waals surface area (Å²) in [5, 5.41) is 17.5. The average molecular weight is 401 g/mol. The van der Waals surface area contributed by atoms with Crippen molar-refractivity contribution in [1.82, 2.24) is 16.0 Å². The fourth-order valence-corrected chi connectivity index (χ4v) is 2.51. The molecule has 0 aliphatic carbocycles. The van der Waals surface area contributed by atoms with Gasteiger partial charge in [0.15, 0.2) is 0 Å². The lowest BCUT2D eigenvalue weighted by atomic mass is 10.2. The highest BCUT2D eigenvalue weighted by molar-refractivity contribution is 5.94. The van der Waals surface area contributed by atoms with Crippen molar-refractivity contribution in [2.45, 2.75) is 19.3 Å². The number of halogens is 1. The van der Waals surface area contributed by atoms with Crippen molar-refractivity contribution in [3.8, 4) is 5.75 Å². The zero-order valence-corrected chi connectivity index (χ0v) is 15.9. The maximum absolute atomic E-state index is 12.8. The lowest BCUT2D eigenvalue weighted by Crippen LogP contribution is -2.30. The average Bonchev–Trinajstić information content (AvgIpc) is 2.71. The third kappa shape index (κ3) is 8.00. The number of amides is 3. The van der Waals surface area contributed by atoms with Crippen LogP contribution >= 0.6 is 0 Å². The van der Waals surface area contributed by atoms with Gasteiger partial charge in [-0.1, -0.05) is 6.07 Å². The van der Waals surface area contributed by atoms with Crippen molar-refractivity contribution in [2.24, 2.45) is 0 Å². The molecule has 2 aromatic rings. The Morgan fingerprint density at radius 2 is 1.41 bits per heavy atom. The van der Waals surface area contributed by atoms with Crippen LogP contribution in [0.3, 0.4) is 0 Å². The van der Waals surface area contributed by atoms with Crippen LogP contribution in [0.15, 0.2) is 48.5 Å². The van der Waals surface area contributed by atoms with Crippen LogP contribution in [0.5, 0.6) is 5.75 Å². The Morgan fingerprint density at radius 1 is 0.793 bits per heavy atom. The van der Waals surface area contributed by atoms with Gasteiger partial charge in [0.1, 0.15) is 11.6 Å². The Morgan fingerprint density at radius 3 is 2.10 bits per heavy atom. The Balaban J connectivity index is 1.52. The third-order valence-corrected chi connectivity index (χ3v) is 4.04. The molecule has 0 aliphatic heterocycles. The molecule has 0 radical (unpaired) electrons. The second kappa shape index (κ2) is 11.4. The molecule has 0 bridgehead atoms. The summed E-state index contributed by atoms with van der Waals surface area (Å²) in [7, 11) is 0. The minimum absolute atomic E-state index is 0.0266. The predicted octanol–water partition coefficient (Wildman–Crippen LogP) is 1.98. The molecule has 0 fully saturated rings. The molecule has 0 aromatic heterocycles. The zero-order valence-electron chi connectivity index (χ0n) is 15.9. The van der Waals surface area contributed by atoms with E-state index in [9.17, 15) is 23.9 Å². The van der Waals surface area contributed by atoms with E-state index >= 15 is 0 Å². The number of hydrogen-bond donors (Lipinski definition) is 4. The fraction of sp³-hybridized carbons (Fsp3) is 0.286. The van der Waals surface area contributed by atoms with Gasteiger partial charge in [0.05, 0.1) is 0 Å². The first-order chi connectivity index (χ1) is 14.0. The number of benzene rings is 2. The Hall–Kier alpha value is -3.42. The molecule has 4 N–H and O–H groups in total. The molecule has 0 spiro atoms. The Bertz CT molecular complexity index is 840. The van der Waals surface area contributed by atoms with Crippen LogP contribution in [-0.4, -0.2) is 42.5 Å². The number of rotatable bonds is 10. The molecular formula is C21H24FN3O4. The summed E-state index contributed by atoms with van der Waals surface area (Å²) in [6, 6.07) is 11.3. The van der Waals surface area contributed by atoms with Crippen molar-refractivity contribution in [3.05, 3.63) is 65.5 Å². The van der Waals surface area contributed by atoms with E-state index in [0.29, 0.717) is 43.6 Å². The van der Waals surface area contributed by atoms with Crippen LogP contribution in [0.2, 0.25) is 0 Å². The van der Waals surface area contributed by atoms with Crippen molar-refractivity contribution >= 4 is 17.7 Å². The predicted molar refractivity (Wildman–Crippen MR) is 106 cm³/mol.